The van der Waals surface area contributed by atoms with E-state index in [-0.39, 0.29) is 11.2 Å². The molecule has 1 saturated carbocycles. The number of thioether (sulfide) groups is 1. The zero-order valence-electron chi connectivity index (χ0n) is 12.5. The summed E-state index contributed by atoms with van der Waals surface area (Å²) < 4.78 is 0. The third-order valence-electron chi connectivity index (χ3n) is 3.47. The Morgan fingerprint density at radius 3 is 2.80 bits per heavy atom. The molecule has 3 nitrogen and oxygen atoms in total. The highest BCUT2D eigenvalue weighted by atomic mass is 32.2. The molecular weight excluding hydrogens is 268 g/mol. The minimum atomic E-state index is -0.0414. The lowest BCUT2D eigenvalue weighted by atomic mass is 10.1. The van der Waals surface area contributed by atoms with Crippen LogP contribution in [0.1, 0.15) is 45.2 Å². The van der Waals surface area contributed by atoms with E-state index in [0.29, 0.717) is 12.1 Å². The molecular formula is C16H24N2OS. The minimum Gasteiger partial charge on any atom is -0.352 e. The van der Waals surface area contributed by atoms with Crippen molar-refractivity contribution in [1.29, 1.82) is 0 Å². The van der Waals surface area contributed by atoms with E-state index in [1.165, 1.54) is 5.56 Å². The Labute approximate surface area is 125 Å². The summed E-state index contributed by atoms with van der Waals surface area (Å²) in [5, 5.41) is 6.43. The summed E-state index contributed by atoms with van der Waals surface area (Å²) in [7, 11) is 0. The number of rotatable bonds is 7. The molecule has 2 N–H and O–H groups in total. The molecule has 1 aliphatic rings. The second kappa shape index (κ2) is 7.14. The Morgan fingerprint density at radius 1 is 1.40 bits per heavy atom. The molecule has 1 aromatic rings. The Kier molecular flexibility index (Phi) is 5.49. The summed E-state index contributed by atoms with van der Waals surface area (Å²) >= 11 is 1.63. The van der Waals surface area contributed by atoms with Crippen LogP contribution in [0.2, 0.25) is 0 Å². The predicted octanol–water partition coefficient (Wildman–Crippen LogP) is 3.12. The van der Waals surface area contributed by atoms with Gasteiger partial charge in [0.2, 0.25) is 5.91 Å². The molecule has 1 aromatic carbocycles. The van der Waals surface area contributed by atoms with Crippen LogP contribution in [0, 0.1) is 0 Å². The van der Waals surface area contributed by atoms with Gasteiger partial charge in [0, 0.05) is 17.0 Å². The van der Waals surface area contributed by atoms with Crippen LogP contribution in [0.4, 0.5) is 0 Å². The van der Waals surface area contributed by atoms with E-state index in [4.69, 9.17) is 0 Å². The number of hydrogen-bond donors (Lipinski definition) is 2. The third kappa shape index (κ3) is 4.53. The number of benzene rings is 1. The van der Waals surface area contributed by atoms with Crippen LogP contribution in [0.25, 0.3) is 0 Å². The molecule has 0 bridgehead atoms. The zero-order valence-corrected chi connectivity index (χ0v) is 13.3. The lowest BCUT2D eigenvalue weighted by Gasteiger charge is -2.15. The molecule has 4 heteroatoms. The standard InChI is InChI=1S/C16H24N2OS/c1-4-17-11(2)13-6-5-7-15(10-13)20-12(3)16(19)18-14-8-9-14/h5-7,10-12,14,17H,4,8-9H2,1-3H3,(H,18,19). The largest absolute Gasteiger partial charge is 0.352 e. The topological polar surface area (TPSA) is 41.1 Å². The van der Waals surface area contributed by atoms with Crippen LogP contribution in [-0.2, 0) is 4.79 Å². The summed E-state index contributed by atoms with van der Waals surface area (Å²) in [4.78, 5) is 13.1. The molecule has 0 heterocycles. The van der Waals surface area contributed by atoms with Crippen molar-refractivity contribution in [3.05, 3.63) is 29.8 Å². The summed E-state index contributed by atoms with van der Waals surface area (Å²) in [5.41, 5.74) is 1.27. The smallest absolute Gasteiger partial charge is 0.233 e. The first kappa shape index (κ1) is 15.4. The molecule has 110 valence electrons. The van der Waals surface area contributed by atoms with Crippen molar-refractivity contribution in [2.24, 2.45) is 0 Å². The normalized spacial score (nSPS) is 17.6. The van der Waals surface area contributed by atoms with Gasteiger partial charge in [0.05, 0.1) is 5.25 Å². The molecule has 1 aliphatic carbocycles. The highest BCUT2D eigenvalue weighted by Gasteiger charge is 2.25. The molecule has 2 atom stereocenters. The third-order valence-corrected chi connectivity index (χ3v) is 4.57. The fourth-order valence-electron chi connectivity index (χ4n) is 2.09. The van der Waals surface area contributed by atoms with Crippen molar-refractivity contribution in [3.8, 4) is 0 Å². The zero-order chi connectivity index (χ0) is 14.5. The van der Waals surface area contributed by atoms with Gasteiger partial charge in [-0.3, -0.25) is 4.79 Å². The lowest BCUT2D eigenvalue weighted by Crippen LogP contribution is -2.32. The molecule has 2 unspecified atom stereocenters. The van der Waals surface area contributed by atoms with Gasteiger partial charge in [-0.1, -0.05) is 19.1 Å². The van der Waals surface area contributed by atoms with Gasteiger partial charge in [-0.15, -0.1) is 11.8 Å². The summed E-state index contributed by atoms with van der Waals surface area (Å²) in [6, 6.07) is 9.23. The first-order chi connectivity index (χ1) is 9.60. The first-order valence-electron chi connectivity index (χ1n) is 7.40. The van der Waals surface area contributed by atoms with E-state index in [2.05, 4.69) is 48.7 Å². The summed E-state index contributed by atoms with van der Waals surface area (Å²) in [5.74, 6) is 0.155. The molecule has 0 saturated heterocycles. The van der Waals surface area contributed by atoms with Crippen molar-refractivity contribution in [2.45, 2.75) is 55.8 Å². The Morgan fingerprint density at radius 2 is 2.15 bits per heavy atom. The average Bonchev–Trinajstić information content (AvgIpc) is 3.23. The summed E-state index contributed by atoms with van der Waals surface area (Å²) in [6.07, 6.45) is 2.28. The van der Waals surface area contributed by atoms with Crippen molar-refractivity contribution >= 4 is 17.7 Å². The van der Waals surface area contributed by atoms with E-state index in [0.717, 1.165) is 24.3 Å². The number of hydrogen-bond acceptors (Lipinski definition) is 3. The van der Waals surface area contributed by atoms with Crippen molar-refractivity contribution in [2.75, 3.05) is 6.54 Å². The number of nitrogens with one attached hydrogen (secondary N) is 2. The number of carbonyl (C=O) groups is 1. The van der Waals surface area contributed by atoms with Crippen molar-refractivity contribution in [1.82, 2.24) is 10.6 Å². The Bertz CT molecular complexity index is 460. The molecule has 1 fully saturated rings. The van der Waals surface area contributed by atoms with Gasteiger partial charge >= 0.3 is 0 Å². The molecule has 1 amide bonds. The lowest BCUT2D eigenvalue weighted by molar-refractivity contribution is -0.120. The monoisotopic (exact) mass is 292 g/mol. The van der Waals surface area contributed by atoms with Gasteiger partial charge in [0.1, 0.15) is 0 Å². The molecule has 2 rings (SSSR count). The fraction of sp³-hybridized carbons (Fsp3) is 0.562. The van der Waals surface area contributed by atoms with E-state index in [9.17, 15) is 4.79 Å². The molecule has 0 radical (unpaired) electrons. The Hall–Kier alpha value is -1.00. The van der Waals surface area contributed by atoms with E-state index in [1.807, 2.05) is 6.92 Å². The van der Waals surface area contributed by atoms with Gasteiger partial charge < -0.3 is 10.6 Å². The molecule has 0 spiro atoms. The SMILES string of the molecule is CCNC(C)c1cccc(SC(C)C(=O)NC2CC2)c1. The van der Waals surface area contributed by atoms with Crippen LogP contribution in [0.3, 0.4) is 0 Å². The minimum absolute atomic E-state index is 0.0414. The maximum absolute atomic E-state index is 12.0. The average molecular weight is 292 g/mol. The van der Waals surface area contributed by atoms with Crippen LogP contribution in [0.15, 0.2) is 29.2 Å². The van der Waals surface area contributed by atoms with Crippen LogP contribution in [-0.4, -0.2) is 23.7 Å². The van der Waals surface area contributed by atoms with Gasteiger partial charge in [0.25, 0.3) is 0 Å². The highest BCUT2D eigenvalue weighted by molar-refractivity contribution is 8.00. The Balaban J connectivity index is 1.94. The molecule has 20 heavy (non-hydrogen) atoms. The number of amides is 1. The summed E-state index contributed by atoms with van der Waals surface area (Å²) in [6.45, 7) is 7.21. The second-order valence-corrected chi connectivity index (χ2v) is 6.81. The maximum atomic E-state index is 12.0. The van der Waals surface area contributed by atoms with Gasteiger partial charge in [-0.2, -0.15) is 0 Å². The first-order valence-corrected chi connectivity index (χ1v) is 8.28. The van der Waals surface area contributed by atoms with Crippen LogP contribution in [0.5, 0.6) is 0 Å². The van der Waals surface area contributed by atoms with Crippen molar-refractivity contribution in [3.63, 3.8) is 0 Å². The maximum Gasteiger partial charge on any atom is 0.233 e. The van der Waals surface area contributed by atoms with E-state index >= 15 is 0 Å². The van der Waals surface area contributed by atoms with Crippen molar-refractivity contribution < 1.29 is 4.79 Å². The highest BCUT2D eigenvalue weighted by Crippen LogP contribution is 2.27. The molecule has 0 aliphatic heterocycles. The van der Waals surface area contributed by atoms with E-state index < -0.39 is 0 Å². The molecule has 0 aromatic heterocycles. The quantitative estimate of drug-likeness (QED) is 0.759. The van der Waals surface area contributed by atoms with Crippen LogP contribution >= 0.6 is 11.8 Å². The number of carbonyl (C=O) groups excluding carboxylic acids is 1. The fourth-order valence-corrected chi connectivity index (χ4v) is 3.03. The predicted molar refractivity (Wildman–Crippen MR) is 85.0 cm³/mol. The second-order valence-electron chi connectivity index (χ2n) is 5.39. The van der Waals surface area contributed by atoms with Crippen LogP contribution < -0.4 is 10.6 Å². The van der Waals surface area contributed by atoms with Gasteiger partial charge in [0.15, 0.2) is 0 Å². The van der Waals surface area contributed by atoms with E-state index in [1.54, 1.807) is 11.8 Å². The van der Waals surface area contributed by atoms with Gasteiger partial charge in [-0.05, 0) is 50.9 Å². The van der Waals surface area contributed by atoms with Gasteiger partial charge in [-0.25, -0.2) is 0 Å².